The minimum Gasteiger partial charge on any atom is -0.444 e. The van der Waals surface area contributed by atoms with E-state index in [0.29, 0.717) is 25.2 Å². The Morgan fingerprint density at radius 2 is 1.97 bits per heavy atom. The molecule has 1 spiro atoms. The smallest absolute Gasteiger partial charge is 0.410 e. The molecule has 4 heterocycles. The summed E-state index contributed by atoms with van der Waals surface area (Å²) in [7, 11) is 0. The van der Waals surface area contributed by atoms with Gasteiger partial charge in [0.15, 0.2) is 0 Å². The lowest BCUT2D eigenvalue weighted by molar-refractivity contribution is 0.0158. The molecular formula is C25H31N7O2. The van der Waals surface area contributed by atoms with Gasteiger partial charge in [-0.2, -0.15) is 5.26 Å². The van der Waals surface area contributed by atoms with Crippen LogP contribution in [0, 0.1) is 11.3 Å². The number of pyridine rings is 1. The molecule has 178 valence electrons. The van der Waals surface area contributed by atoms with E-state index >= 15 is 0 Å². The summed E-state index contributed by atoms with van der Waals surface area (Å²) in [5, 5.41) is 9.36. The van der Waals surface area contributed by atoms with Crippen LogP contribution >= 0.6 is 0 Å². The van der Waals surface area contributed by atoms with E-state index < -0.39 is 5.60 Å². The molecule has 0 bridgehead atoms. The molecule has 2 aliphatic heterocycles. The number of fused-ring (bicyclic) bond motifs is 2. The van der Waals surface area contributed by atoms with Crippen molar-refractivity contribution in [2.45, 2.75) is 64.0 Å². The number of carbonyl (C=O) groups is 1. The zero-order chi connectivity index (χ0) is 24.1. The van der Waals surface area contributed by atoms with Crippen molar-refractivity contribution in [2.24, 2.45) is 0 Å². The summed E-state index contributed by atoms with van der Waals surface area (Å²) < 4.78 is 5.61. The first-order valence-electron chi connectivity index (χ1n) is 11.9. The van der Waals surface area contributed by atoms with Crippen molar-refractivity contribution < 1.29 is 9.53 Å². The lowest BCUT2D eigenvalue weighted by Crippen LogP contribution is -2.55. The summed E-state index contributed by atoms with van der Waals surface area (Å²) in [5.74, 6) is 2.59. The maximum Gasteiger partial charge on any atom is 0.410 e. The van der Waals surface area contributed by atoms with E-state index in [2.05, 4.69) is 32.8 Å². The molecule has 2 fully saturated rings. The molecule has 34 heavy (non-hydrogen) atoms. The maximum atomic E-state index is 12.7. The van der Waals surface area contributed by atoms with Gasteiger partial charge >= 0.3 is 6.09 Å². The van der Waals surface area contributed by atoms with Gasteiger partial charge in [0, 0.05) is 49.4 Å². The van der Waals surface area contributed by atoms with Crippen molar-refractivity contribution in [1.29, 1.82) is 5.26 Å². The van der Waals surface area contributed by atoms with Gasteiger partial charge in [-0.1, -0.05) is 6.42 Å². The Morgan fingerprint density at radius 3 is 2.62 bits per heavy atom. The highest BCUT2D eigenvalue weighted by Crippen LogP contribution is 2.56. The summed E-state index contributed by atoms with van der Waals surface area (Å²) in [5.41, 5.74) is 1.26. The molecule has 1 atom stereocenters. The molecule has 1 amide bonds. The second kappa shape index (κ2) is 8.12. The minimum atomic E-state index is -0.516. The van der Waals surface area contributed by atoms with Crippen molar-refractivity contribution in [1.82, 2.24) is 19.9 Å². The fraction of sp³-hybridized carbons (Fsp3) is 0.560. The van der Waals surface area contributed by atoms with Crippen molar-refractivity contribution in [3.63, 3.8) is 0 Å². The number of nitrogens with zero attached hydrogens (tertiary/aromatic N) is 7. The van der Waals surface area contributed by atoms with Crippen LogP contribution in [0.25, 0.3) is 0 Å². The lowest BCUT2D eigenvalue weighted by Gasteiger charge is -2.43. The van der Waals surface area contributed by atoms with Gasteiger partial charge in [-0.15, -0.1) is 0 Å². The van der Waals surface area contributed by atoms with Crippen LogP contribution in [0.1, 0.15) is 58.1 Å². The van der Waals surface area contributed by atoms with Crippen molar-refractivity contribution >= 4 is 23.5 Å². The number of amides is 1. The quantitative estimate of drug-likeness (QED) is 0.667. The third-order valence-corrected chi connectivity index (χ3v) is 7.07. The Hall–Kier alpha value is -3.41. The second-order valence-electron chi connectivity index (χ2n) is 10.6. The average molecular weight is 462 g/mol. The van der Waals surface area contributed by atoms with E-state index in [0.717, 1.165) is 36.8 Å². The van der Waals surface area contributed by atoms with Gasteiger partial charge < -0.3 is 19.4 Å². The Bertz CT molecular complexity index is 1150. The first-order chi connectivity index (χ1) is 16.2. The summed E-state index contributed by atoms with van der Waals surface area (Å²) in [6.45, 7) is 10.5. The van der Waals surface area contributed by atoms with Crippen LogP contribution in [-0.2, 0) is 10.2 Å². The zero-order valence-corrected chi connectivity index (χ0v) is 20.3. The SMILES string of the molecule is C[C@H]1CN(c2ncnc3c2C2(CCC2)CN3c2cc(C#N)ccn2)CCN1C(=O)OC(C)(C)C. The second-order valence-corrected chi connectivity index (χ2v) is 10.6. The van der Waals surface area contributed by atoms with Crippen molar-refractivity contribution in [2.75, 3.05) is 36.0 Å². The van der Waals surface area contributed by atoms with Crippen LogP contribution < -0.4 is 9.80 Å². The van der Waals surface area contributed by atoms with Crippen molar-refractivity contribution in [3.8, 4) is 6.07 Å². The highest BCUT2D eigenvalue weighted by Gasteiger charge is 2.51. The number of piperazine rings is 1. The molecule has 0 unspecified atom stereocenters. The maximum absolute atomic E-state index is 12.7. The first-order valence-corrected chi connectivity index (χ1v) is 11.9. The Labute approximate surface area is 200 Å². The Morgan fingerprint density at radius 1 is 1.21 bits per heavy atom. The molecule has 9 nitrogen and oxygen atoms in total. The minimum absolute atomic E-state index is 0.00178. The van der Waals surface area contributed by atoms with E-state index in [1.807, 2.05) is 31.7 Å². The summed E-state index contributed by atoms with van der Waals surface area (Å²) in [6, 6.07) is 5.75. The van der Waals surface area contributed by atoms with E-state index in [1.165, 1.54) is 12.0 Å². The van der Waals surface area contributed by atoms with Gasteiger partial charge in [0.25, 0.3) is 0 Å². The third kappa shape index (κ3) is 3.81. The Balaban J connectivity index is 1.45. The van der Waals surface area contributed by atoms with Crippen LogP contribution in [0.2, 0.25) is 0 Å². The molecule has 3 aliphatic rings. The molecule has 1 saturated heterocycles. The highest BCUT2D eigenvalue weighted by molar-refractivity contribution is 5.75. The van der Waals surface area contributed by atoms with Crippen molar-refractivity contribution in [3.05, 3.63) is 35.8 Å². The molecule has 1 aliphatic carbocycles. The summed E-state index contributed by atoms with van der Waals surface area (Å²) in [6.07, 6.45) is 6.38. The topological polar surface area (TPSA) is 98.5 Å². The molecule has 1 saturated carbocycles. The predicted octanol–water partition coefficient (Wildman–Crippen LogP) is 3.76. The molecule has 2 aromatic heterocycles. The summed E-state index contributed by atoms with van der Waals surface area (Å²) in [4.78, 5) is 32.9. The number of rotatable bonds is 2. The lowest BCUT2D eigenvalue weighted by atomic mass is 9.66. The molecule has 0 N–H and O–H groups in total. The standard InChI is InChI=1S/C25H31N7O2/c1-17-14-30(10-11-31(17)23(33)34-24(2,3)4)21-20-22(29-16-28-21)32(15-25(20)7-5-8-25)19-12-18(13-26)6-9-27-19/h6,9,12,16-17H,5,7-8,10-11,14-15H2,1-4H3/t17-/m0/s1. The van der Waals surface area contributed by atoms with Gasteiger partial charge in [-0.05, 0) is 52.7 Å². The van der Waals surface area contributed by atoms with Gasteiger partial charge in [-0.25, -0.2) is 19.7 Å². The largest absolute Gasteiger partial charge is 0.444 e. The van der Waals surface area contributed by atoms with E-state index in [-0.39, 0.29) is 17.6 Å². The van der Waals surface area contributed by atoms with E-state index in [1.54, 1.807) is 18.6 Å². The predicted molar refractivity (Wildman–Crippen MR) is 128 cm³/mol. The zero-order valence-electron chi connectivity index (χ0n) is 20.3. The molecule has 9 heteroatoms. The fourth-order valence-corrected chi connectivity index (χ4v) is 5.32. The first kappa shape index (κ1) is 22.4. The fourth-order valence-electron chi connectivity index (χ4n) is 5.32. The molecular weight excluding hydrogens is 430 g/mol. The number of hydrogen-bond acceptors (Lipinski definition) is 8. The average Bonchev–Trinajstić information content (AvgIpc) is 3.14. The Kier molecular flexibility index (Phi) is 5.34. The number of carbonyl (C=O) groups excluding carboxylic acids is 1. The molecule has 0 radical (unpaired) electrons. The number of hydrogen-bond donors (Lipinski definition) is 0. The number of nitriles is 1. The van der Waals surface area contributed by atoms with E-state index in [9.17, 15) is 10.1 Å². The molecule has 5 rings (SSSR count). The monoisotopic (exact) mass is 461 g/mol. The molecule has 2 aromatic rings. The van der Waals surface area contributed by atoms with Crippen LogP contribution in [0.15, 0.2) is 24.7 Å². The van der Waals surface area contributed by atoms with Gasteiger partial charge in [0.2, 0.25) is 0 Å². The van der Waals surface area contributed by atoms with Gasteiger partial charge in [0.05, 0.1) is 11.6 Å². The third-order valence-electron chi connectivity index (χ3n) is 7.07. The number of ether oxygens (including phenoxy) is 1. The van der Waals surface area contributed by atoms with Gasteiger partial charge in [0.1, 0.15) is 29.4 Å². The van der Waals surface area contributed by atoms with Crippen LogP contribution in [0.5, 0.6) is 0 Å². The normalized spacial score (nSPS) is 21.1. The number of anilines is 3. The van der Waals surface area contributed by atoms with Gasteiger partial charge in [-0.3, -0.25) is 0 Å². The summed E-state index contributed by atoms with van der Waals surface area (Å²) >= 11 is 0. The molecule has 0 aromatic carbocycles. The van der Waals surface area contributed by atoms with Crippen LogP contribution in [-0.4, -0.2) is 63.8 Å². The number of aromatic nitrogens is 3. The van der Waals surface area contributed by atoms with E-state index in [4.69, 9.17) is 9.72 Å². The van der Waals surface area contributed by atoms with Crippen LogP contribution in [0.4, 0.5) is 22.2 Å². The highest BCUT2D eigenvalue weighted by atomic mass is 16.6. The van der Waals surface area contributed by atoms with Crippen LogP contribution in [0.3, 0.4) is 0 Å².